The summed E-state index contributed by atoms with van der Waals surface area (Å²) < 4.78 is 1.39. The third-order valence-corrected chi connectivity index (χ3v) is 5.78. The van der Waals surface area contributed by atoms with E-state index in [4.69, 9.17) is 5.84 Å². The number of carbonyl (C=O) groups is 1. The number of hydrazine groups is 1. The van der Waals surface area contributed by atoms with E-state index in [2.05, 4.69) is 33.2 Å². The highest BCUT2D eigenvalue weighted by atomic mass is 32.2. The largest absolute Gasteiger partial charge is 0.335 e. The maximum Gasteiger partial charge on any atom is 0.269 e. The Kier molecular flexibility index (Phi) is 5.74. The van der Waals surface area contributed by atoms with Crippen molar-refractivity contribution < 1.29 is 9.72 Å². The van der Waals surface area contributed by atoms with Crippen LogP contribution >= 0.6 is 11.8 Å². The Morgan fingerprint density at radius 2 is 1.83 bits per heavy atom. The van der Waals surface area contributed by atoms with Crippen LogP contribution < -0.4 is 16.7 Å². The Labute approximate surface area is 176 Å². The first-order chi connectivity index (χ1) is 14.5. The van der Waals surface area contributed by atoms with E-state index >= 15 is 0 Å². The average Bonchev–Trinajstić information content (AvgIpc) is 3.39. The summed E-state index contributed by atoms with van der Waals surface area (Å²) in [6.07, 6.45) is 0.756. The number of rotatable bonds is 7. The van der Waals surface area contributed by atoms with Crippen LogP contribution in [0.5, 0.6) is 0 Å². The molecule has 1 fully saturated rings. The maximum atomic E-state index is 12.4. The molecule has 154 valence electrons. The number of benzene rings is 2. The van der Waals surface area contributed by atoms with E-state index in [-0.39, 0.29) is 29.3 Å². The summed E-state index contributed by atoms with van der Waals surface area (Å²) in [6.45, 7) is 0. The number of Topliss-reactive ketones (excluding diaryl/α,β-unsaturated/α-hetero) is 1. The Bertz CT molecular complexity index is 1060. The minimum atomic E-state index is -0.504. The fraction of sp³-hybridized carbons (Fsp3) is 0.211. The molecule has 0 radical (unpaired) electrons. The van der Waals surface area contributed by atoms with Gasteiger partial charge in [0, 0.05) is 23.7 Å². The van der Waals surface area contributed by atoms with Crippen molar-refractivity contribution in [2.75, 3.05) is 11.6 Å². The second-order valence-electron chi connectivity index (χ2n) is 6.77. The van der Waals surface area contributed by atoms with Crippen LogP contribution in [0.4, 0.5) is 5.69 Å². The molecule has 0 amide bonds. The van der Waals surface area contributed by atoms with Crippen LogP contribution in [0.3, 0.4) is 0 Å². The number of thioether (sulfide) groups is 1. The van der Waals surface area contributed by atoms with Gasteiger partial charge in [-0.25, -0.2) is 15.5 Å². The number of hydrogen-bond acceptors (Lipinski definition) is 9. The molecular formula is C19H19N7O3S. The minimum Gasteiger partial charge on any atom is -0.335 e. The molecule has 4 rings (SSSR count). The second-order valence-corrected chi connectivity index (χ2v) is 7.71. The molecule has 2 atom stereocenters. The summed E-state index contributed by atoms with van der Waals surface area (Å²) in [7, 11) is 0. The summed E-state index contributed by atoms with van der Waals surface area (Å²) >= 11 is 1.17. The molecule has 0 aliphatic carbocycles. The van der Waals surface area contributed by atoms with Crippen molar-refractivity contribution in [2.24, 2.45) is 0 Å². The first kappa shape index (κ1) is 20.0. The van der Waals surface area contributed by atoms with Gasteiger partial charge in [0.25, 0.3) is 5.69 Å². The molecule has 3 aromatic rings. The van der Waals surface area contributed by atoms with E-state index in [1.54, 1.807) is 0 Å². The van der Waals surface area contributed by atoms with Crippen molar-refractivity contribution in [3.63, 3.8) is 0 Å². The minimum absolute atomic E-state index is 0.0583. The third kappa shape index (κ3) is 4.17. The van der Waals surface area contributed by atoms with Crippen LogP contribution in [-0.4, -0.2) is 31.3 Å². The molecule has 11 heteroatoms. The zero-order chi connectivity index (χ0) is 21.1. The summed E-state index contributed by atoms with van der Waals surface area (Å²) in [5.41, 5.74) is 7.94. The van der Waals surface area contributed by atoms with Crippen molar-refractivity contribution >= 4 is 23.2 Å². The Hall–Kier alpha value is -3.28. The lowest BCUT2D eigenvalue weighted by Crippen LogP contribution is -2.29. The third-order valence-electron chi connectivity index (χ3n) is 4.84. The molecule has 10 nitrogen and oxygen atoms in total. The number of nitro groups is 1. The van der Waals surface area contributed by atoms with E-state index in [9.17, 15) is 14.9 Å². The summed E-state index contributed by atoms with van der Waals surface area (Å²) in [6, 6.07) is 15.6. The van der Waals surface area contributed by atoms with Crippen molar-refractivity contribution in [1.82, 2.24) is 25.7 Å². The highest BCUT2D eigenvalue weighted by Gasteiger charge is 2.30. The van der Waals surface area contributed by atoms with Gasteiger partial charge in [-0.3, -0.25) is 14.9 Å². The van der Waals surface area contributed by atoms with Crippen molar-refractivity contribution in [3.8, 4) is 0 Å². The van der Waals surface area contributed by atoms with Crippen LogP contribution in [-0.2, 0) is 0 Å². The number of aromatic nitrogens is 3. The molecule has 0 bridgehead atoms. The highest BCUT2D eigenvalue weighted by Crippen LogP contribution is 2.30. The molecule has 1 aliphatic heterocycles. The van der Waals surface area contributed by atoms with Gasteiger partial charge in [0.1, 0.15) is 0 Å². The summed E-state index contributed by atoms with van der Waals surface area (Å²) in [4.78, 5) is 22.6. The standard InChI is InChI=1S/C19H19N7O3S/c20-25-18(16-10-15(21-22-16)12-4-2-1-3-5-12)23-24-19(25)30-11-17(27)13-6-8-14(9-7-13)26(28)29/h1-9,15-16,21-22H,10-11,20H2. The van der Waals surface area contributed by atoms with Gasteiger partial charge < -0.3 is 5.84 Å². The van der Waals surface area contributed by atoms with Crippen molar-refractivity contribution in [3.05, 3.63) is 81.7 Å². The topological polar surface area (TPSA) is 141 Å². The Balaban J connectivity index is 1.38. The molecule has 4 N–H and O–H groups in total. The van der Waals surface area contributed by atoms with Crippen LogP contribution in [0.1, 0.15) is 40.3 Å². The van der Waals surface area contributed by atoms with Gasteiger partial charge in [-0.05, 0) is 24.1 Å². The summed E-state index contributed by atoms with van der Waals surface area (Å²) in [5, 5.41) is 19.4. The molecule has 1 aromatic heterocycles. The van der Waals surface area contributed by atoms with E-state index in [1.807, 2.05) is 18.2 Å². The van der Waals surface area contributed by atoms with Gasteiger partial charge in [0.15, 0.2) is 11.6 Å². The van der Waals surface area contributed by atoms with Gasteiger partial charge in [-0.1, -0.05) is 42.1 Å². The van der Waals surface area contributed by atoms with E-state index < -0.39 is 4.92 Å². The fourth-order valence-corrected chi connectivity index (χ4v) is 3.99. The van der Waals surface area contributed by atoms with Crippen LogP contribution in [0, 0.1) is 10.1 Å². The number of carbonyl (C=O) groups excluding carboxylic acids is 1. The molecule has 2 heterocycles. The highest BCUT2D eigenvalue weighted by molar-refractivity contribution is 7.99. The lowest BCUT2D eigenvalue weighted by Gasteiger charge is -2.09. The predicted octanol–water partition coefficient (Wildman–Crippen LogP) is 2.16. The monoisotopic (exact) mass is 425 g/mol. The van der Waals surface area contributed by atoms with Gasteiger partial charge >= 0.3 is 0 Å². The van der Waals surface area contributed by atoms with E-state index in [1.165, 1.54) is 46.3 Å². The maximum absolute atomic E-state index is 12.4. The van der Waals surface area contributed by atoms with Crippen molar-refractivity contribution in [1.29, 1.82) is 0 Å². The SMILES string of the molecule is Nn1c(SCC(=O)c2ccc([N+](=O)[O-])cc2)nnc1C1CC(c2ccccc2)NN1. The molecule has 2 unspecified atom stereocenters. The molecule has 1 aliphatic rings. The smallest absolute Gasteiger partial charge is 0.269 e. The quantitative estimate of drug-likeness (QED) is 0.171. The number of nitro benzene ring substituents is 1. The lowest BCUT2D eigenvalue weighted by molar-refractivity contribution is -0.384. The van der Waals surface area contributed by atoms with Gasteiger partial charge in [-0.2, -0.15) is 0 Å². The summed E-state index contributed by atoms with van der Waals surface area (Å²) in [5.74, 6) is 6.65. The fourth-order valence-electron chi connectivity index (χ4n) is 3.24. The Morgan fingerprint density at radius 1 is 1.13 bits per heavy atom. The number of nitrogens with one attached hydrogen (secondary N) is 2. The number of nitrogen functional groups attached to an aromatic ring is 1. The second kappa shape index (κ2) is 8.61. The zero-order valence-electron chi connectivity index (χ0n) is 15.8. The van der Waals surface area contributed by atoms with E-state index in [0.29, 0.717) is 16.5 Å². The number of nitrogens with zero attached hydrogens (tertiary/aromatic N) is 4. The van der Waals surface area contributed by atoms with Gasteiger partial charge in [0.05, 0.1) is 16.7 Å². The van der Waals surface area contributed by atoms with Crippen molar-refractivity contribution in [2.45, 2.75) is 23.7 Å². The molecule has 0 spiro atoms. The number of non-ortho nitro benzene ring substituents is 1. The number of ketones is 1. The zero-order valence-corrected chi connectivity index (χ0v) is 16.6. The van der Waals surface area contributed by atoms with Crippen LogP contribution in [0.25, 0.3) is 0 Å². The first-order valence-electron chi connectivity index (χ1n) is 9.20. The molecular weight excluding hydrogens is 406 g/mol. The normalized spacial score (nSPS) is 18.4. The number of nitrogens with two attached hydrogens (primary N) is 1. The molecule has 1 saturated heterocycles. The molecule has 2 aromatic carbocycles. The first-order valence-corrected chi connectivity index (χ1v) is 10.2. The Morgan fingerprint density at radius 3 is 2.53 bits per heavy atom. The van der Waals surface area contributed by atoms with Gasteiger partial charge in [-0.15, -0.1) is 10.2 Å². The molecule has 30 heavy (non-hydrogen) atoms. The van der Waals surface area contributed by atoms with Crippen LogP contribution in [0.15, 0.2) is 59.8 Å². The van der Waals surface area contributed by atoms with E-state index in [0.717, 1.165) is 6.42 Å². The van der Waals surface area contributed by atoms with Crippen LogP contribution in [0.2, 0.25) is 0 Å². The lowest BCUT2D eigenvalue weighted by atomic mass is 10.0. The number of hydrogen-bond donors (Lipinski definition) is 3. The predicted molar refractivity (Wildman–Crippen MR) is 111 cm³/mol. The van der Waals surface area contributed by atoms with Gasteiger partial charge in [0.2, 0.25) is 5.16 Å². The molecule has 0 saturated carbocycles. The average molecular weight is 425 g/mol.